The molecule has 2 heterocycles. The molecular formula is C28H28ClF2N5O5. The Balaban J connectivity index is 1.67. The van der Waals surface area contributed by atoms with E-state index in [1.807, 2.05) is 0 Å². The van der Waals surface area contributed by atoms with Crippen molar-refractivity contribution in [3.05, 3.63) is 76.2 Å². The molecule has 1 aliphatic rings. The van der Waals surface area contributed by atoms with Crippen LogP contribution in [0, 0.1) is 18.6 Å². The van der Waals surface area contributed by atoms with Crippen LogP contribution < -0.4 is 16.0 Å². The van der Waals surface area contributed by atoms with Crippen molar-refractivity contribution in [2.24, 2.45) is 0 Å². The molecule has 13 heteroatoms. The van der Waals surface area contributed by atoms with E-state index in [0.717, 1.165) is 12.1 Å². The van der Waals surface area contributed by atoms with E-state index in [2.05, 4.69) is 25.9 Å². The molecule has 41 heavy (non-hydrogen) atoms. The highest BCUT2D eigenvalue weighted by atomic mass is 35.5. The highest BCUT2D eigenvalue weighted by Gasteiger charge is 2.25. The SMILES string of the molecule is COCCOC(=O)Nc1ccc2c(c1)NC(=O)CC/C=C/CC(NC(=O)c1c(F)cc(C)cc1F)c1nc-2c(Cl)[nH]1. The van der Waals surface area contributed by atoms with Gasteiger partial charge in [-0.1, -0.05) is 23.8 Å². The van der Waals surface area contributed by atoms with Crippen molar-refractivity contribution in [2.75, 3.05) is 31.0 Å². The Labute approximate surface area is 239 Å². The van der Waals surface area contributed by atoms with Crippen LogP contribution in [0.25, 0.3) is 11.3 Å². The third kappa shape index (κ3) is 7.47. The number of fused-ring (bicyclic) bond motifs is 4. The molecule has 0 fully saturated rings. The minimum absolute atomic E-state index is 0.0596. The summed E-state index contributed by atoms with van der Waals surface area (Å²) < 4.78 is 38.9. The molecule has 216 valence electrons. The van der Waals surface area contributed by atoms with Crippen LogP contribution in [0.4, 0.5) is 25.0 Å². The molecule has 0 spiro atoms. The standard InChI is InChI=1S/C28H28ClF2N5O5/c1-15-12-18(30)23(19(31)13-15)27(38)34-20-6-4-3-5-7-22(37)33-21-14-16(32-28(39)41-11-10-40-2)8-9-17(21)24-25(29)36-26(20)35-24/h3-4,8-9,12-14,20H,5-7,10-11H2,1-2H3,(H,32,39)(H,33,37)(H,34,38)(H,35,36)/b4-3+. The Bertz CT molecular complexity index is 1470. The van der Waals surface area contributed by atoms with Gasteiger partial charge in [0.25, 0.3) is 5.91 Å². The van der Waals surface area contributed by atoms with Crippen molar-refractivity contribution in [3.8, 4) is 11.3 Å². The van der Waals surface area contributed by atoms with Crippen molar-refractivity contribution in [1.82, 2.24) is 15.3 Å². The van der Waals surface area contributed by atoms with Crippen LogP contribution in [0.5, 0.6) is 0 Å². The average Bonchev–Trinajstić information content (AvgIpc) is 3.28. The number of carbonyl (C=O) groups is 3. The molecule has 0 saturated heterocycles. The summed E-state index contributed by atoms with van der Waals surface area (Å²) in [4.78, 5) is 45.2. The molecule has 1 aliphatic heterocycles. The van der Waals surface area contributed by atoms with Gasteiger partial charge in [0.1, 0.15) is 40.5 Å². The molecule has 3 amide bonds. The second-order valence-electron chi connectivity index (χ2n) is 9.22. The summed E-state index contributed by atoms with van der Waals surface area (Å²) >= 11 is 6.51. The predicted molar refractivity (Wildman–Crippen MR) is 149 cm³/mol. The molecule has 4 N–H and O–H groups in total. The highest BCUT2D eigenvalue weighted by Crippen LogP contribution is 2.35. The lowest BCUT2D eigenvalue weighted by Crippen LogP contribution is -2.30. The Morgan fingerprint density at radius 3 is 2.63 bits per heavy atom. The van der Waals surface area contributed by atoms with Gasteiger partial charge in [-0.05, 0) is 55.7 Å². The molecule has 1 unspecified atom stereocenters. The minimum atomic E-state index is -0.983. The number of imidazole rings is 1. The number of aryl methyl sites for hydroxylation is 1. The molecule has 0 saturated carbocycles. The molecule has 0 aliphatic carbocycles. The van der Waals surface area contributed by atoms with E-state index in [1.54, 1.807) is 24.3 Å². The first kappa shape index (κ1) is 29.7. The van der Waals surface area contributed by atoms with Crippen LogP contribution in [-0.4, -0.2) is 48.2 Å². The van der Waals surface area contributed by atoms with Crippen molar-refractivity contribution >= 4 is 40.9 Å². The van der Waals surface area contributed by atoms with Crippen LogP contribution in [0.15, 0.2) is 42.5 Å². The first-order valence-electron chi connectivity index (χ1n) is 12.7. The number of amides is 3. The zero-order chi connectivity index (χ0) is 29.5. The van der Waals surface area contributed by atoms with E-state index in [4.69, 9.17) is 21.1 Å². The lowest BCUT2D eigenvalue weighted by molar-refractivity contribution is -0.116. The van der Waals surface area contributed by atoms with Crippen LogP contribution in [0.1, 0.15) is 47.1 Å². The second-order valence-corrected chi connectivity index (χ2v) is 9.60. The number of nitrogens with zero attached hydrogens (tertiary/aromatic N) is 1. The van der Waals surface area contributed by atoms with E-state index in [0.29, 0.717) is 28.9 Å². The van der Waals surface area contributed by atoms with Gasteiger partial charge in [-0.25, -0.2) is 18.6 Å². The lowest BCUT2D eigenvalue weighted by atomic mass is 10.1. The van der Waals surface area contributed by atoms with Crippen molar-refractivity contribution in [1.29, 1.82) is 0 Å². The van der Waals surface area contributed by atoms with Gasteiger partial charge in [0.2, 0.25) is 5.91 Å². The predicted octanol–water partition coefficient (Wildman–Crippen LogP) is 5.66. The molecule has 1 aromatic heterocycles. The number of hydrogen-bond acceptors (Lipinski definition) is 6. The number of carbonyl (C=O) groups excluding carboxylic acids is 3. The number of allylic oxidation sites excluding steroid dienone is 1. The molecule has 0 radical (unpaired) electrons. The molecule has 2 bridgehead atoms. The highest BCUT2D eigenvalue weighted by molar-refractivity contribution is 6.32. The third-order valence-electron chi connectivity index (χ3n) is 6.12. The molecular weight excluding hydrogens is 560 g/mol. The average molecular weight is 588 g/mol. The Kier molecular flexibility index (Phi) is 9.69. The van der Waals surface area contributed by atoms with Crippen LogP contribution in [0.3, 0.4) is 0 Å². The number of nitrogens with one attached hydrogen (secondary N) is 4. The molecule has 4 rings (SSSR count). The number of aromatic amines is 1. The van der Waals surface area contributed by atoms with Crippen LogP contribution in [-0.2, 0) is 14.3 Å². The maximum absolute atomic E-state index is 14.5. The number of anilines is 2. The molecule has 10 nitrogen and oxygen atoms in total. The van der Waals surface area contributed by atoms with Gasteiger partial charge < -0.3 is 25.1 Å². The first-order chi connectivity index (χ1) is 19.7. The monoisotopic (exact) mass is 587 g/mol. The van der Waals surface area contributed by atoms with E-state index >= 15 is 0 Å². The molecule has 2 aromatic carbocycles. The number of halogens is 3. The smallest absolute Gasteiger partial charge is 0.411 e. The number of ether oxygens (including phenoxy) is 2. The maximum atomic E-state index is 14.5. The quantitative estimate of drug-likeness (QED) is 0.217. The van der Waals surface area contributed by atoms with Crippen LogP contribution in [0.2, 0.25) is 5.15 Å². The summed E-state index contributed by atoms with van der Waals surface area (Å²) in [5, 5.41) is 8.14. The summed E-state index contributed by atoms with van der Waals surface area (Å²) in [6.45, 7) is 1.81. The van der Waals surface area contributed by atoms with Gasteiger partial charge in [-0.3, -0.25) is 14.9 Å². The van der Waals surface area contributed by atoms with Gasteiger partial charge in [0.15, 0.2) is 0 Å². The number of benzene rings is 2. The normalized spacial score (nSPS) is 15.8. The summed E-state index contributed by atoms with van der Waals surface area (Å²) in [6, 6.07) is 6.04. The van der Waals surface area contributed by atoms with Crippen molar-refractivity contribution in [2.45, 2.75) is 32.2 Å². The number of rotatable bonds is 6. The van der Waals surface area contributed by atoms with Gasteiger partial charge in [0.05, 0.1) is 18.3 Å². The van der Waals surface area contributed by atoms with Crippen LogP contribution >= 0.6 is 11.6 Å². The summed E-state index contributed by atoms with van der Waals surface area (Å²) in [5.41, 5.74) is 0.971. The first-order valence-corrected chi connectivity index (χ1v) is 13.1. The van der Waals surface area contributed by atoms with E-state index in [9.17, 15) is 23.2 Å². The lowest BCUT2D eigenvalue weighted by Gasteiger charge is -2.16. The van der Waals surface area contributed by atoms with Crippen molar-refractivity contribution < 1.29 is 32.6 Å². The summed E-state index contributed by atoms with van der Waals surface area (Å²) in [5.74, 6) is -2.98. The molecule has 3 aromatic rings. The Hall–Kier alpha value is -4.29. The van der Waals surface area contributed by atoms with Gasteiger partial charge in [-0.15, -0.1) is 0 Å². The van der Waals surface area contributed by atoms with Gasteiger partial charge >= 0.3 is 6.09 Å². The number of methoxy groups -OCH3 is 1. The minimum Gasteiger partial charge on any atom is -0.447 e. The van der Waals surface area contributed by atoms with E-state index < -0.39 is 35.2 Å². The summed E-state index contributed by atoms with van der Waals surface area (Å²) in [6.07, 6.45) is 3.51. The Morgan fingerprint density at radius 2 is 1.90 bits per heavy atom. The zero-order valence-electron chi connectivity index (χ0n) is 22.3. The molecule has 1 atom stereocenters. The fourth-order valence-electron chi connectivity index (χ4n) is 4.18. The Morgan fingerprint density at radius 1 is 1.15 bits per heavy atom. The number of aromatic nitrogens is 2. The largest absolute Gasteiger partial charge is 0.447 e. The maximum Gasteiger partial charge on any atom is 0.411 e. The topological polar surface area (TPSA) is 134 Å². The summed E-state index contributed by atoms with van der Waals surface area (Å²) in [7, 11) is 1.48. The fraction of sp³-hybridized carbons (Fsp3) is 0.286. The zero-order valence-corrected chi connectivity index (χ0v) is 23.0. The van der Waals surface area contributed by atoms with Crippen molar-refractivity contribution in [3.63, 3.8) is 0 Å². The van der Waals surface area contributed by atoms with Gasteiger partial charge in [-0.2, -0.15) is 0 Å². The van der Waals surface area contributed by atoms with E-state index in [1.165, 1.54) is 20.1 Å². The third-order valence-corrected chi connectivity index (χ3v) is 6.39. The van der Waals surface area contributed by atoms with Gasteiger partial charge in [0, 0.05) is 24.8 Å². The number of H-pyrrole nitrogens is 1. The second kappa shape index (κ2) is 13.4. The number of hydrogen-bond donors (Lipinski definition) is 4. The fourth-order valence-corrected chi connectivity index (χ4v) is 4.42. The van der Waals surface area contributed by atoms with E-state index in [-0.39, 0.29) is 48.6 Å².